The summed E-state index contributed by atoms with van der Waals surface area (Å²) < 4.78 is 6.82. The van der Waals surface area contributed by atoms with Crippen molar-refractivity contribution >= 4 is 43.5 Å². The van der Waals surface area contributed by atoms with Crippen molar-refractivity contribution in [1.29, 1.82) is 0 Å². The number of carbonyl (C=O) groups excluding carboxylic acids is 1. The first-order chi connectivity index (χ1) is 11.0. The number of hydrogen-bond acceptors (Lipinski definition) is 4. The summed E-state index contributed by atoms with van der Waals surface area (Å²) >= 11 is 6.76. The van der Waals surface area contributed by atoms with Gasteiger partial charge in [0, 0.05) is 14.6 Å². The molecule has 4 nitrogen and oxygen atoms in total. The van der Waals surface area contributed by atoms with Gasteiger partial charge in [-0.15, -0.1) is 0 Å². The predicted octanol–water partition coefficient (Wildman–Crippen LogP) is 4.29. The number of aliphatic hydroxyl groups is 1. The first kappa shape index (κ1) is 18.0. The Morgan fingerprint density at radius 2 is 1.61 bits per heavy atom. The summed E-state index contributed by atoms with van der Waals surface area (Å²) in [5, 5.41) is 13.6. The lowest BCUT2D eigenvalue weighted by molar-refractivity contribution is -0.153. The molecule has 0 aliphatic heterocycles. The van der Waals surface area contributed by atoms with Crippen molar-refractivity contribution in [3.8, 4) is 0 Å². The van der Waals surface area contributed by atoms with E-state index in [1.54, 1.807) is 6.92 Å². The normalized spacial score (nSPS) is 13.2. The van der Waals surface area contributed by atoms with E-state index >= 15 is 0 Å². The Kier molecular flexibility index (Phi) is 6.62. The maximum absolute atomic E-state index is 11.9. The van der Waals surface area contributed by atoms with Crippen LogP contribution in [0.3, 0.4) is 0 Å². The van der Waals surface area contributed by atoms with Gasteiger partial charge in [0.05, 0.1) is 12.6 Å². The second-order valence-electron chi connectivity index (χ2n) is 4.88. The average molecular weight is 443 g/mol. The quantitative estimate of drug-likeness (QED) is 0.655. The van der Waals surface area contributed by atoms with E-state index in [0.717, 1.165) is 20.2 Å². The van der Waals surface area contributed by atoms with Crippen molar-refractivity contribution < 1.29 is 14.6 Å². The molecule has 2 aromatic rings. The highest BCUT2D eigenvalue weighted by molar-refractivity contribution is 9.10. The SMILES string of the molecule is CCOC(=O)[C@@H](O)[C@@H](Nc1ccc(Br)cc1)c1ccc(Br)cc1. The molecule has 0 radical (unpaired) electrons. The fraction of sp³-hybridized carbons (Fsp3) is 0.235. The minimum Gasteiger partial charge on any atom is -0.464 e. The summed E-state index contributed by atoms with van der Waals surface area (Å²) in [6, 6.07) is 14.3. The van der Waals surface area contributed by atoms with Crippen LogP contribution >= 0.6 is 31.9 Å². The van der Waals surface area contributed by atoms with Gasteiger partial charge in [-0.2, -0.15) is 0 Å². The van der Waals surface area contributed by atoms with E-state index in [1.807, 2.05) is 48.5 Å². The number of benzene rings is 2. The van der Waals surface area contributed by atoms with Gasteiger partial charge in [-0.25, -0.2) is 4.79 Å². The van der Waals surface area contributed by atoms with E-state index in [9.17, 15) is 9.90 Å². The zero-order chi connectivity index (χ0) is 16.8. The zero-order valence-corrected chi connectivity index (χ0v) is 15.7. The van der Waals surface area contributed by atoms with Crippen molar-refractivity contribution in [2.45, 2.75) is 19.1 Å². The minimum atomic E-state index is -1.31. The number of aliphatic hydroxyl groups excluding tert-OH is 1. The van der Waals surface area contributed by atoms with Gasteiger partial charge in [-0.05, 0) is 48.9 Å². The summed E-state index contributed by atoms with van der Waals surface area (Å²) in [5.74, 6) is -0.648. The lowest BCUT2D eigenvalue weighted by Gasteiger charge is -2.24. The van der Waals surface area contributed by atoms with Gasteiger partial charge in [-0.1, -0.05) is 44.0 Å². The Balaban J connectivity index is 2.28. The van der Waals surface area contributed by atoms with Crippen LogP contribution in [-0.4, -0.2) is 23.8 Å². The molecule has 2 rings (SSSR count). The highest BCUT2D eigenvalue weighted by atomic mass is 79.9. The number of hydrogen-bond donors (Lipinski definition) is 2. The van der Waals surface area contributed by atoms with Crippen molar-refractivity contribution in [3.05, 3.63) is 63.0 Å². The lowest BCUT2D eigenvalue weighted by atomic mass is 10.0. The highest BCUT2D eigenvalue weighted by Gasteiger charge is 2.28. The smallest absolute Gasteiger partial charge is 0.337 e. The van der Waals surface area contributed by atoms with Gasteiger partial charge < -0.3 is 15.2 Å². The highest BCUT2D eigenvalue weighted by Crippen LogP contribution is 2.26. The average Bonchev–Trinajstić information content (AvgIpc) is 2.55. The molecule has 0 fully saturated rings. The summed E-state index contributed by atoms with van der Waals surface area (Å²) in [4.78, 5) is 11.9. The van der Waals surface area contributed by atoms with Gasteiger partial charge in [-0.3, -0.25) is 0 Å². The summed E-state index contributed by atoms with van der Waals surface area (Å²) in [6.45, 7) is 1.93. The second kappa shape index (κ2) is 8.47. The van der Waals surface area contributed by atoms with Crippen molar-refractivity contribution in [3.63, 3.8) is 0 Å². The van der Waals surface area contributed by atoms with Crippen LogP contribution in [0.25, 0.3) is 0 Å². The maximum Gasteiger partial charge on any atom is 0.337 e. The number of rotatable bonds is 6. The zero-order valence-electron chi connectivity index (χ0n) is 12.5. The van der Waals surface area contributed by atoms with Crippen LogP contribution < -0.4 is 5.32 Å². The van der Waals surface area contributed by atoms with Crippen LogP contribution in [0, 0.1) is 0 Å². The number of ether oxygens (including phenoxy) is 1. The molecule has 2 N–H and O–H groups in total. The van der Waals surface area contributed by atoms with E-state index in [2.05, 4.69) is 37.2 Å². The van der Waals surface area contributed by atoms with Crippen LogP contribution in [0.5, 0.6) is 0 Å². The number of nitrogens with one attached hydrogen (secondary N) is 1. The van der Waals surface area contributed by atoms with E-state index < -0.39 is 18.1 Å². The molecule has 0 heterocycles. The Bertz CT molecular complexity index is 644. The third-order valence-electron chi connectivity index (χ3n) is 3.24. The molecule has 0 aromatic heterocycles. The third kappa shape index (κ3) is 5.06. The molecule has 2 aromatic carbocycles. The Labute approximate surface area is 152 Å². The molecular weight excluding hydrogens is 426 g/mol. The Morgan fingerprint density at radius 3 is 2.13 bits per heavy atom. The molecule has 6 heteroatoms. The number of carbonyl (C=O) groups is 1. The fourth-order valence-electron chi connectivity index (χ4n) is 2.10. The molecular formula is C17H17Br2NO3. The van der Waals surface area contributed by atoms with Crippen LogP contribution in [0.2, 0.25) is 0 Å². The first-order valence-corrected chi connectivity index (χ1v) is 8.72. The van der Waals surface area contributed by atoms with Crippen molar-refractivity contribution in [2.75, 3.05) is 11.9 Å². The van der Waals surface area contributed by atoms with Crippen LogP contribution in [0.15, 0.2) is 57.5 Å². The number of esters is 1. The summed E-state index contributed by atoms with van der Waals surface area (Å²) in [6.07, 6.45) is -1.31. The van der Waals surface area contributed by atoms with Crippen molar-refractivity contribution in [2.24, 2.45) is 0 Å². The molecule has 0 aliphatic rings. The number of halogens is 2. The predicted molar refractivity (Wildman–Crippen MR) is 97.3 cm³/mol. The molecule has 0 saturated carbocycles. The minimum absolute atomic E-state index is 0.223. The van der Waals surface area contributed by atoms with Gasteiger partial charge in [0.15, 0.2) is 6.10 Å². The molecule has 0 spiro atoms. The maximum atomic E-state index is 11.9. The molecule has 0 aliphatic carbocycles. The monoisotopic (exact) mass is 441 g/mol. The van der Waals surface area contributed by atoms with E-state index in [1.165, 1.54) is 0 Å². The molecule has 0 bridgehead atoms. The molecule has 0 saturated heterocycles. The van der Waals surface area contributed by atoms with E-state index in [0.29, 0.717) is 0 Å². The summed E-state index contributed by atoms with van der Waals surface area (Å²) in [7, 11) is 0. The molecule has 122 valence electrons. The Morgan fingerprint density at radius 1 is 1.09 bits per heavy atom. The largest absolute Gasteiger partial charge is 0.464 e. The first-order valence-electron chi connectivity index (χ1n) is 7.13. The van der Waals surface area contributed by atoms with E-state index in [-0.39, 0.29) is 6.61 Å². The fourth-order valence-corrected chi connectivity index (χ4v) is 2.63. The molecule has 0 amide bonds. The van der Waals surface area contributed by atoms with Gasteiger partial charge in [0.2, 0.25) is 0 Å². The summed E-state index contributed by atoms with van der Waals surface area (Å²) in [5.41, 5.74) is 1.58. The molecule has 23 heavy (non-hydrogen) atoms. The van der Waals surface area contributed by atoms with Gasteiger partial charge in [0.1, 0.15) is 0 Å². The van der Waals surface area contributed by atoms with Crippen molar-refractivity contribution in [1.82, 2.24) is 0 Å². The topological polar surface area (TPSA) is 58.6 Å². The second-order valence-corrected chi connectivity index (χ2v) is 6.71. The third-order valence-corrected chi connectivity index (χ3v) is 4.30. The molecule has 0 unspecified atom stereocenters. The number of anilines is 1. The Hall–Kier alpha value is -1.37. The molecule has 2 atom stereocenters. The van der Waals surface area contributed by atoms with Gasteiger partial charge in [0.25, 0.3) is 0 Å². The van der Waals surface area contributed by atoms with Crippen LogP contribution in [-0.2, 0) is 9.53 Å². The standard InChI is InChI=1S/C17H17Br2NO3/c1-2-23-17(22)16(21)15(11-3-5-12(18)6-4-11)20-14-9-7-13(19)8-10-14/h3-10,15-16,20-21H,2H2,1H3/t15-,16-/m0/s1. The van der Waals surface area contributed by atoms with Crippen LogP contribution in [0.1, 0.15) is 18.5 Å². The lowest BCUT2D eigenvalue weighted by Crippen LogP contribution is -2.34. The van der Waals surface area contributed by atoms with Gasteiger partial charge >= 0.3 is 5.97 Å². The van der Waals surface area contributed by atoms with Crippen LogP contribution in [0.4, 0.5) is 5.69 Å². The van der Waals surface area contributed by atoms with E-state index in [4.69, 9.17) is 4.74 Å².